The number of hydrogen-bond donors (Lipinski definition) is 1. The Balaban J connectivity index is 2.84. The number of anilines is 1. The van der Waals surface area contributed by atoms with E-state index >= 15 is 0 Å². The second kappa shape index (κ2) is 5.25. The van der Waals surface area contributed by atoms with E-state index in [0.717, 1.165) is 10.7 Å². The molecule has 5 nitrogen and oxygen atoms in total. The number of nitrogen functional groups attached to an aromatic ring is 1. The van der Waals surface area contributed by atoms with Crippen LogP contribution < -0.4 is 5.73 Å². The molecule has 0 aliphatic rings. The van der Waals surface area contributed by atoms with Gasteiger partial charge in [-0.05, 0) is 5.92 Å². The Kier molecular flexibility index (Phi) is 4.23. The van der Waals surface area contributed by atoms with Crippen LogP contribution in [-0.2, 0) is 16.6 Å². The minimum Gasteiger partial charge on any atom is -0.468 e. The van der Waals surface area contributed by atoms with E-state index in [1.807, 2.05) is 20.9 Å². The number of rotatable bonds is 4. The van der Waals surface area contributed by atoms with Crippen molar-refractivity contribution in [1.29, 1.82) is 0 Å². The molecule has 0 aliphatic carbocycles. The predicted molar refractivity (Wildman–Crippen MR) is 64.4 cm³/mol. The van der Waals surface area contributed by atoms with Crippen LogP contribution in [0.25, 0.3) is 0 Å². The summed E-state index contributed by atoms with van der Waals surface area (Å²) >= 11 is 1.35. The molecule has 1 rings (SSSR count). The molecule has 0 radical (unpaired) electrons. The summed E-state index contributed by atoms with van der Waals surface area (Å²) in [6.45, 7) is 4.07. The van der Waals surface area contributed by atoms with E-state index < -0.39 is 0 Å². The Hall–Kier alpha value is -1.17. The molecule has 1 heterocycles. The normalized spacial score (nSPS) is 10.8. The molecule has 6 heteroatoms. The van der Waals surface area contributed by atoms with Crippen LogP contribution in [0.1, 0.15) is 25.5 Å². The molecule has 0 aliphatic heterocycles. The van der Waals surface area contributed by atoms with Gasteiger partial charge in [0.15, 0.2) is 0 Å². The maximum atomic E-state index is 11.0. The van der Waals surface area contributed by atoms with Crippen molar-refractivity contribution in [2.45, 2.75) is 24.8 Å². The first-order valence-electron chi connectivity index (χ1n) is 4.99. The van der Waals surface area contributed by atoms with Crippen molar-refractivity contribution >= 4 is 23.4 Å². The lowest BCUT2D eigenvalue weighted by Gasteiger charge is -2.02. The van der Waals surface area contributed by atoms with Crippen LogP contribution in [0.15, 0.2) is 5.03 Å². The highest BCUT2D eigenvalue weighted by Gasteiger charge is 2.17. The van der Waals surface area contributed by atoms with Crippen LogP contribution in [0.2, 0.25) is 0 Å². The van der Waals surface area contributed by atoms with Gasteiger partial charge < -0.3 is 10.5 Å². The van der Waals surface area contributed by atoms with Crippen LogP contribution in [-0.4, -0.2) is 28.6 Å². The Morgan fingerprint density at radius 2 is 2.25 bits per heavy atom. The van der Waals surface area contributed by atoms with Crippen molar-refractivity contribution < 1.29 is 9.53 Å². The fourth-order valence-corrected chi connectivity index (χ4v) is 2.19. The van der Waals surface area contributed by atoms with Gasteiger partial charge in [0.1, 0.15) is 5.03 Å². The average Bonchev–Trinajstić information content (AvgIpc) is 2.51. The summed E-state index contributed by atoms with van der Waals surface area (Å²) in [5.41, 5.74) is 7.51. The third-order valence-electron chi connectivity index (χ3n) is 2.16. The van der Waals surface area contributed by atoms with Crippen molar-refractivity contribution in [3.05, 3.63) is 5.69 Å². The molecular formula is C10H17N3O2S. The van der Waals surface area contributed by atoms with Gasteiger partial charge in [0.2, 0.25) is 0 Å². The van der Waals surface area contributed by atoms with Crippen LogP contribution in [0, 0.1) is 0 Å². The lowest BCUT2D eigenvalue weighted by Crippen LogP contribution is -2.04. The van der Waals surface area contributed by atoms with Gasteiger partial charge in [-0.1, -0.05) is 25.6 Å². The number of aryl methyl sites for hydroxylation is 1. The van der Waals surface area contributed by atoms with E-state index in [0.29, 0.717) is 5.69 Å². The number of carbonyl (C=O) groups is 1. The van der Waals surface area contributed by atoms with Crippen LogP contribution in [0.5, 0.6) is 0 Å². The quantitative estimate of drug-likeness (QED) is 0.639. The highest BCUT2D eigenvalue weighted by atomic mass is 32.2. The zero-order valence-corrected chi connectivity index (χ0v) is 10.8. The number of carbonyl (C=O) groups excluding carboxylic acids is 1. The number of ether oxygens (including phenoxy) is 1. The number of methoxy groups -OCH3 is 1. The van der Waals surface area contributed by atoms with E-state index in [9.17, 15) is 4.79 Å². The molecule has 0 amide bonds. The Bertz CT molecular complexity index is 388. The molecule has 0 bridgehead atoms. The second-order valence-corrected chi connectivity index (χ2v) is 4.71. The number of nitrogens with zero attached hydrogens (tertiary/aromatic N) is 2. The predicted octanol–water partition coefficient (Wildman–Crippen LogP) is 1.39. The summed E-state index contributed by atoms with van der Waals surface area (Å²) in [6.07, 6.45) is 0. The third-order valence-corrected chi connectivity index (χ3v) is 3.30. The van der Waals surface area contributed by atoms with Gasteiger partial charge in [-0.2, -0.15) is 5.10 Å². The zero-order valence-electron chi connectivity index (χ0n) is 9.98. The van der Waals surface area contributed by atoms with E-state index in [4.69, 9.17) is 5.73 Å². The maximum absolute atomic E-state index is 11.0. The second-order valence-electron chi connectivity index (χ2n) is 3.75. The van der Waals surface area contributed by atoms with Gasteiger partial charge in [0, 0.05) is 7.05 Å². The summed E-state index contributed by atoms with van der Waals surface area (Å²) in [7, 11) is 3.19. The summed E-state index contributed by atoms with van der Waals surface area (Å²) < 4.78 is 6.28. The fourth-order valence-electron chi connectivity index (χ4n) is 1.33. The third kappa shape index (κ3) is 2.69. The van der Waals surface area contributed by atoms with Gasteiger partial charge >= 0.3 is 5.97 Å². The molecule has 1 aromatic heterocycles. The molecular weight excluding hydrogens is 226 g/mol. The van der Waals surface area contributed by atoms with Gasteiger partial charge in [0.25, 0.3) is 0 Å². The molecule has 2 N–H and O–H groups in total. The van der Waals surface area contributed by atoms with Crippen molar-refractivity contribution in [3.8, 4) is 0 Å². The van der Waals surface area contributed by atoms with E-state index in [-0.39, 0.29) is 17.6 Å². The fraction of sp³-hybridized carbons (Fsp3) is 0.600. The Labute approximate surface area is 99.3 Å². The smallest absolute Gasteiger partial charge is 0.316 e. The van der Waals surface area contributed by atoms with Crippen molar-refractivity contribution in [2.75, 3.05) is 18.6 Å². The van der Waals surface area contributed by atoms with Crippen LogP contribution >= 0.6 is 11.8 Å². The molecule has 90 valence electrons. The van der Waals surface area contributed by atoms with Gasteiger partial charge in [-0.3, -0.25) is 9.48 Å². The first-order chi connectivity index (χ1) is 7.47. The molecule has 1 aromatic rings. The molecule has 0 fully saturated rings. The van der Waals surface area contributed by atoms with Crippen molar-refractivity contribution in [3.63, 3.8) is 0 Å². The summed E-state index contributed by atoms with van der Waals surface area (Å²) in [5.74, 6) is 0.257. The SMILES string of the molecule is COC(=O)CSc1c(N)c(C(C)C)nn1C. The number of aromatic nitrogens is 2. The zero-order chi connectivity index (χ0) is 12.3. The van der Waals surface area contributed by atoms with E-state index in [2.05, 4.69) is 9.84 Å². The summed E-state index contributed by atoms with van der Waals surface area (Å²) in [5, 5.41) is 5.15. The number of esters is 1. The van der Waals surface area contributed by atoms with Gasteiger partial charge in [0.05, 0.1) is 24.2 Å². The Morgan fingerprint density at radius 1 is 1.62 bits per heavy atom. The van der Waals surface area contributed by atoms with E-state index in [1.165, 1.54) is 18.9 Å². The maximum Gasteiger partial charge on any atom is 0.316 e. The summed E-state index contributed by atoms with van der Waals surface area (Å²) in [6, 6.07) is 0. The highest BCUT2D eigenvalue weighted by molar-refractivity contribution is 8.00. The average molecular weight is 243 g/mol. The highest BCUT2D eigenvalue weighted by Crippen LogP contribution is 2.31. The number of thioether (sulfide) groups is 1. The number of hydrogen-bond acceptors (Lipinski definition) is 5. The minimum atomic E-state index is -0.267. The molecule has 0 unspecified atom stereocenters. The molecule has 16 heavy (non-hydrogen) atoms. The van der Waals surface area contributed by atoms with Crippen LogP contribution in [0.3, 0.4) is 0 Å². The molecule has 0 aromatic carbocycles. The van der Waals surface area contributed by atoms with Gasteiger partial charge in [-0.15, -0.1) is 0 Å². The van der Waals surface area contributed by atoms with E-state index in [1.54, 1.807) is 4.68 Å². The van der Waals surface area contributed by atoms with Crippen LogP contribution in [0.4, 0.5) is 5.69 Å². The lowest BCUT2D eigenvalue weighted by molar-refractivity contribution is -0.137. The first-order valence-corrected chi connectivity index (χ1v) is 5.97. The lowest BCUT2D eigenvalue weighted by atomic mass is 10.1. The molecule has 0 atom stereocenters. The number of nitrogens with two attached hydrogens (primary N) is 1. The van der Waals surface area contributed by atoms with Gasteiger partial charge in [-0.25, -0.2) is 0 Å². The first kappa shape index (κ1) is 12.9. The van der Waals surface area contributed by atoms with Crippen molar-refractivity contribution in [1.82, 2.24) is 9.78 Å². The van der Waals surface area contributed by atoms with Crippen molar-refractivity contribution in [2.24, 2.45) is 7.05 Å². The largest absolute Gasteiger partial charge is 0.468 e. The molecule has 0 saturated heterocycles. The molecule has 0 saturated carbocycles. The standard InChI is InChI=1S/C10H17N3O2S/c1-6(2)9-8(11)10(13(3)12-9)16-5-7(14)15-4/h6H,5,11H2,1-4H3. The topological polar surface area (TPSA) is 70.1 Å². The Morgan fingerprint density at radius 3 is 2.69 bits per heavy atom. The monoisotopic (exact) mass is 243 g/mol. The minimum absolute atomic E-state index is 0.248. The summed E-state index contributed by atoms with van der Waals surface area (Å²) in [4.78, 5) is 11.0. The molecule has 0 spiro atoms.